The third-order valence-corrected chi connectivity index (χ3v) is 13.2. The Kier molecular flexibility index (Phi) is 7.34. The Morgan fingerprint density at radius 1 is 0.872 bits per heavy atom. The fraction of sp³-hybridized carbons (Fsp3) is 0.824. The van der Waals surface area contributed by atoms with Crippen LogP contribution in [0, 0.1) is 72.9 Å². The van der Waals surface area contributed by atoms with Crippen molar-refractivity contribution >= 4 is 11.6 Å². The number of nitrogens with zero attached hydrogens (tertiary/aromatic N) is 2. The van der Waals surface area contributed by atoms with Crippen LogP contribution in [-0.2, 0) is 9.59 Å². The molecule has 0 amide bonds. The minimum absolute atomic E-state index is 0.0412. The lowest BCUT2D eigenvalue weighted by Crippen LogP contribution is -2.65. The lowest BCUT2D eigenvalue weighted by atomic mass is 9.35. The quantitative estimate of drug-likeness (QED) is 0.399. The first kappa shape index (κ1) is 30.0. The maximum Gasteiger partial charge on any atom is 0.178 e. The van der Waals surface area contributed by atoms with Crippen LogP contribution in [0.4, 0.5) is 0 Å². The molecule has 0 bridgehead atoms. The molecule has 0 aliphatic heterocycles. The highest BCUT2D eigenvalue weighted by Crippen LogP contribution is 2.72. The highest BCUT2D eigenvalue weighted by molar-refractivity contribution is 6.04. The van der Waals surface area contributed by atoms with Crippen molar-refractivity contribution in [3.63, 3.8) is 0 Å². The molecule has 2 unspecified atom stereocenters. The van der Waals surface area contributed by atoms with Gasteiger partial charge < -0.3 is 5.11 Å². The van der Waals surface area contributed by atoms with Crippen molar-refractivity contribution in [3.05, 3.63) is 11.6 Å². The van der Waals surface area contributed by atoms with Crippen LogP contribution in [0.2, 0.25) is 0 Å². The minimum Gasteiger partial charge on any atom is -0.391 e. The Morgan fingerprint density at radius 2 is 1.51 bits per heavy atom. The molecule has 5 heteroatoms. The predicted molar refractivity (Wildman–Crippen MR) is 152 cm³/mol. The molecule has 39 heavy (non-hydrogen) atoms. The van der Waals surface area contributed by atoms with Crippen LogP contribution in [-0.4, -0.2) is 22.8 Å². The van der Waals surface area contributed by atoms with Crippen molar-refractivity contribution < 1.29 is 14.7 Å². The fourth-order valence-corrected chi connectivity index (χ4v) is 9.95. The number of Topliss-reactive ketones (excluding diaryl/α,β-unsaturated/α-hetero) is 2. The molecule has 3 saturated carbocycles. The number of rotatable bonds is 2. The molecule has 4 rings (SSSR count). The maximum atomic E-state index is 14.3. The monoisotopic (exact) mass is 534 g/mol. The van der Waals surface area contributed by atoms with Crippen molar-refractivity contribution in [2.24, 2.45) is 50.2 Å². The van der Waals surface area contributed by atoms with E-state index in [0.29, 0.717) is 12.2 Å². The van der Waals surface area contributed by atoms with Crippen LogP contribution in [0.15, 0.2) is 11.6 Å². The molecule has 0 spiro atoms. The lowest BCUT2D eigenvalue weighted by Gasteiger charge is -2.68. The molecular weight excluding hydrogens is 484 g/mol. The first-order valence-electron chi connectivity index (χ1n) is 15.2. The normalized spacial score (nSPS) is 44.4. The summed E-state index contributed by atoms with van der Waals surface area (Å²) >= 11 is 0. The molecule has 0 aromatic heterocycles. The molecule has 0 heterocycles. The Hall–Kier alpha value is -1.98. The first-order chi connectivity index (χ1) is 17.9. The number of fused-ring (bicyclic) bond motifs is 5. The zero-order valence-corrected chi connectivity index (χ0v) is 25.6. The molecule has 0 radical (unpaired) electrons. The van der Waals surface area contributed by atoms with E-state index in [1.165, 1.54) is 0 Å². The Labute approximate surface area is 236 Å². The van der Waals surface area contributed by atoms with Crippen molar-refractivity contribution in [2.45, 2.75) is 126 Å². The second kappa shape index (κ2) is 9.55. The predicted octanol–water partition coefficient (Wildman–Crippen LogP) is 7.34. The zero-order valence-electron chi connectivity index (χ0n) is 25.6. The summed E-state index contributed by atoms with van der Waals surface area (Å²) in [4.78, 5) is 27.5. The molecule has 0 saturated heterocycles. The average Bonchev–Trinajstić information content (AvgIpc) is 2.85. The summed E-state index contributed by atoms with van der Waals surface area (Å²) in [6.07, 6.45) is 9.01. The standard InChI is InChI=1S/C34H50N2O3/c1-29(2)12-9-23-24(37)19-26-32(6)20-22(21-36)28(39)30(3,4)25(32)10-13-34(26,8)33(23,7)17-16-31(5,15-14-29)27(38)11-18-35/h20,23,25-27,38H,9-17,19H2,1-8H3/t23?,25-,26+,27?,31-,32-,33+,34+/m0/s1. The number of carbonyl (C=O) groups excluding carboxylic acids is 2. The molecular formula is C34H50N2O3. The van der Waals surface area contributed by atoms with Crippen LogP contribution in [0.5, 0.6) is 0 Å². The van der Waals surface area contributed by atoms with Crippen LogP contribution >= 0.6 is 0 Å². The summed E-state index contributed by atoms with van der Waals surface area (Å²) in [6, 6.07) is 4.40. The van der Waals surface area contributed by atoms with Gasteiger partial charge >= 0.3 is 0 Å². The number of hydrogen-bond acceptors (Lipinski definition) is 5. The number of carbonyl (C=O) groups is 2. The lowest BCUT2D eigenvalue weighted by molar-refractivity contribution is -0.192. The highest BCUT2D eigenvalue weighted by Gasteiger charge is 2.68. The first-order valence-corrected chi connectivity index (χ1v) is 15.2. The molecule has 1 N–H and O–H groups in total. The van der Waals surface area contributed by atoms with Crippen molar-refractivity contribution in [2.75, 3.05) is 0 Å². The number of ketones is 2. The van der Waals surface area contributed by atoms with Crippen LogP contribution in [0.3, 0.4) is 0 Å². The van der Waals surface area contributed by atoms with Crippen molar-refractivity contribution in [1.82, 2.24) is 0 Å². The van der Waals surface area contributed by atoms with E-state index in [-0.39, 0.29) is 51.8 Å². The van der Waals surface area contributed by atoms with Gasteiger partial charge in [0, 0.05) is 17.8 Å². The van der Waals surface area contributed by atoms with E-state index < -0.39 is 22.3 Å². The van der Waals surface area contributed by atoms with Gasteiger partial charge in [-0.05, 0) is 90.3 Å². The van der Waals surface area contributed by atoms with E-state index in [1.54, 1.807) is 0 Å². The topological polar surface area (TPSA) is 102 Å². The van der Waals surface area contributed by atoms with E-state index in [2.05, 4.69) is 53.7 Å². The molecule has 4 aliphatic rings. The summed E-state index contributed by atoms with van der Waals surface area (Å²) in [5.41, 5.74) is -1.59. The minimum atomic E-state index is -0.692. The van der Waals surface area contributed by atoms with Gasteiger partial charge in [-0.3, -0.25) is 9.59 Å². The number of nitriles is 2. The molecule has 8 atom stereocenters. The van der Waals surface area contributed by atoms with Gasteiger partial charge in [0.05, 0.1) is 24.2 Å². The average molecular weight is 535 g/mol. The second-order valence-electron chi connectivity index (χ2n) is 16.0. The second-order valence-corrected chi connectivity index (χ2v) is 16.0. The van der Waals surface area contributed by atoms with Gasteiger partial charge in [0.1, 0.15) is 11.9 Å². The fourth-order valence-electron chi connectivity index (χ4n) is 9.95. The molecule has 3 fully saturated rings. The van der Waals surface area contributed by atoms with Crippen molar-refractivity contribution in [3.8, 4) is 12.1 Å². The molecule has 5 nitrogen and oxygen atoms in total. The van der Waals surface area contributed by atoms with Gasteiger partial charge in [-0.15, -0.1) is 0 Å². The van der Waals surface area contributed by atoms with Crippen LogP contribution in [0.25, 0.3) is 0 Å². The SMILES string of the molecule is CC1(C)CCC2C(=O)C[C@@H]3[C@@]4(C)C=C(C#N)C(=O)C(C)(C)[C@@H]4CC[C@@]3(C)[C@]2(C)CC[C@@](C)(C(O)CC#N)CC1. The Bertz CT molecular complexity index is 1150. The molecule has 0 aromatic carbocycles. The molecule has 0 aromatic rings. The van der Waals surface area contributed by atoms with E-state index >= 15 is 0 Å². The summed E-state index contributed by atoms with van der Waals surface area (Å²) in [5, 5.41) is 30.5. The number of aliphatic hydroxyl groups excluding tert-OH is 1. The summed E-state index contributed by atoms with van der Waals surface area (Å²) in [6.45, 7) is 17.6. The maximum absolute atomic E-state index is 14.3. The van der Waals surface area contributed by atoms with Gasteiger partial charge in [-0.2, -0.15) is 10.5 Å². The van der Waals surface area contributed by atoms with E-state index in [1.807, 2.05) is 19.9 Å². The van der Waals surface area contributed by atoms with Crippen LogP contribution < -0.4 is 0 Å². The highest BCUT2D eigenvalue weighted by atomic mass is 16.3. The van der Waals surface area contributed by atoms with Gasteiger partial charge in [0.15, 0.2) is 5.78 Å². The van der Waals surface area contributed by atoms with Gasteiger partial charge in [0.2, 0.25) is 0 Å². The van der Waals surface area contributed by atoms with E-state index in [4.69, 9.17) is 0 Å². The Balaban J connectivity index is 1.84. The molecule has 214 valence electrons. The number of allylic oxidation sites excluding steroid dienone is 2. The summed E-state index contributed by atoms with van der Waals surface area (Å²) in [5.74, 6) is 0.345. The molecule has 4 aliphatic carbocycles. The van der Waals surface area contributed by atoms with Gasteiger partial charge in [-0.25, -0.2) is 0 Å². The third kappa shape index (κ3) is 4.43. The summed E-state index contributed by atoms with van der Waals surface area (Å²) < 4.78 is 0. The number of hydrogen-bond donors (Lipinski definition) is 1. The largest absolute Gasteiger partial charge is 0.391 e. The van der Waals surface area contributed by atoms with E-state index in [9.17, 15) is 25.2 Å². The Morgan fingerprint density at radius 3 is 2.13 bits per heavy atom. The smallest absolute Gasteiger partial charge is 0.178 e. The third-order valence-electron chi connectivity index (χ3n) is 13.2. The van der Waals surface area contributed by atoms with E-state index in [0.717, 1.165) is 51.4 Å². The van der Waals surface area contributed by atoms with Gasteiger partial charge in [-0.1, -0.05) is 61.5 Å². The van der Waals surface area contributed by atoms with Crippen molar-refractivity contribution in [1.29, 1.82) is 10.5 Å². The zero-order chi connectivity index (χ0) is 29.2. The van der Waals surface area contributed by atoms with Gasteiger partial charge in [0.25, 0.3) is 0 Å². The number of aliphatic hydroxyl groups is 1. The van der Waals surface area contributed by atoms with Crippen LogP contribution in [0.1, 0.15) is 120 Å². The summed E-state index contributed by atoms with van der Waals surface area (Å²) in [7, 11) is 0.